The van der Waals surface area contributed by atoms with E-state index in [0.29, 0.717) is 5.92 Å². The highest BCUT2D eigenvalue weighted by molar-refractivity contribution is 5.46. The van der Waals surface area contributed by atoms with Crippen molar-refractivity contribution >= 4 is 5.69 Å². The summed E-state index contributed by atoms with van der Waals surface area (Å²) in [5.74, 6) is 0.710. The summed E-state index contributed by atoms with van der Waals surface area (Å²) < 4.78 is 33.4. The van der Waals surface area contributed by atoms with E-state index < -0.39 is 6.61 Å². The average molecular weight is 243 g/mol. The van der Waals surface area contributed by atoms with Crippen LogP contribution in [0.5, 0.6) is 5.75 Å². The van der Waals surface area contributed by atoms with Gasteiger partial charge in [-0.25, -0.2) is 0 Å². The number of hydrogen-bond acceptors (Lipinski definition) is 3. The molecule has 1 aliphatic heterocycles. The van der Waals surface area contributed by atoms with Crippen LogP contribution in [0.25, 0.3) is 0 Å². The van der Waals surface area contributed by atoms with Gasteiger partial charge >= 0.3 is 6.61 Å². The maximum absolute atomic E-state index is 11.9. The Morgan fingerprint density at radius 2 is 2.12 bits per heavy atom. The molecule has 1 atom stereocenters. The van der Waals surface area contributed by atoms with Gasteiger partial charge in [0.1, 0.15) is 5.75 Å². The molecular weight excluding hydrogens is 228 g/mol. The van der Waals surface area contributed by atoms with Gasteiger partial charge in [0.15, 0.2) is 0 Å². The van der Waals surface area contributed by atoms with E-state index in [1.807, 2.05) is 0 Å². The second-order valence-corrected chi connectivity index (χ2v) is 4.01. The number of hydrogen-bond donors (Lipinski definition) is 1. The van der Waals surface area contributed by atoms with Crippen LogP contribution in [0.2, 0.25) is 0 Å². The van der Waals surface area contributed by atoms with Crippen LogP contribution in [0, 0.1) is 5.92 Å². The predicted molar refractivity (Wildman–Crippen MR) is 60.5 cm³/mol. The first-order valence-electron chi connectivity index (χ1n) is 5.60. The Balaban J connectivity index is 1.80. The minimum absolute atomic E-state index is 0.176. The first-order chi connectivity index (χ1) is 8.24. The molecule has 0 amide bonds. The highest BCUT2D eigenvalue weighted by atomic mass is 19.3. The zero-order chi connectivity index (χ0) is 12.1. The van der Waals surface area contributed by atoms with Gasteiger partial charge in [0.2, 0.25) is 0 Å². The summed E-state index contributed by atoms with van der Waals surface area (Å²) in [7, 11) is 0. The first-order valence-corrected chi connectivity index (χ1v) is 5.60. The van der Waals surface area contributed by atoms with Gasteiger partial charge in [-0.1, -0.05) is 0 Å². The molecule has 1 fully saturated rings. The number of alkyl halides is 2. The molecule has 5 heteroatoms. The maximum Gasteiger partial charge on any atom is 0.387 e. The van der Waals surface area contributed by atoms with E-state index in [9.17, 15) is 8.78 Å². The molecule has 1 N–H and O–H groups in total. The largest absolute Gasteiger partial charge is 0.435 e. The summed E-state index contributed by atoms with van der Waals surface area (Å²) in [6.07, 6.45) is 1.07. The molecule has 1 heterocycles. The van der Waals surface area contributed by atoms with Crippen molar-refractivity contribution in [2.75, 3.05) is 25.1 Å². The van der Waals surface area contributed by atoms with Gasteiger partial charge in [-0.05, 0) is 30.7 Å². The summed E-state index contributed by atoms with van der Waals surface area (Å²) in [6, 6.07) is 6.51. The number of rotatable bonds is 5. The quantitative estimate of drug-likeness (QED) is 0.862. The SMILES string of the molecule is FC(F)Oc1ccc(NCC2CCOC2)cc1. The molecule has 2 rings (SSSR count). The fraction of sp³-hybridized carbons (Fsp3) is 0.500. The molecule has 0 spiro atoms. The van der Waals surface area contributed by atoms with Crippen LogP contribution >= 0.6 is 0 Å². The molecular formula is C12H15F2NO2. The van der Waals surface area contributed by atoms with Crippen LogP contribution in [0.1, 0.15) is 6.42 Å². The number of nitrogens with one attached hydrogen (secondary N) is 1. The van der Waals surface area contributed by atoms with Crippen molar-refractivity contribution in [3.63, 3.8) is 0 Å². The highest BCUT2D eigenvalue weighted by Crippen LogP contribution is 2.19. The summed E-state index contributed by atoms with van der Waals surface area (Å²) in [4.78, 5) is 0. The molecule has 0 bridgehead atoms. The number of halogens is 2. The standard InChI is InChI=1S/C12H15F2NO2/c13-12(14)17-11-3-1-10(2-4-11)15-7-9-5-6-16-8-9/h1-4,9,12,15H,5-8H2. The lowest BCUT2D eigenvalue weighted by Gasteiger charge is -2.11. The van der Waals surface area contributed by atoms with Gasteiger partial charge in [0.25, 0.3) is 0 Å². The number of ether oxygens (including phenoxy) is 2. The fourth-order valence-electron chi connectivity index (χ4n) is 1.76. The zero-order valence-corrected chi connectivity index (χ0v) is 9.36. The Bertz CT molecular complexity index is 337. The van der Waals surface area contributed by atoms with E-state index in [0.717, 1.165) is 31.9 Å². The Morgan fingerprint density at radius 1 is 1.35 bits per heavy atom. The molecule has 0 radical (unpaired) electrons. The molecule has 1 aromatic carbocycles. The number of anilines is 1. The third-order valence-corrected chi connectivity index (χ3v) is 2.70. The molecule has 0 saturated carbocycles. The van der Waals surface area contributed by atoms with Crippen molar-refractivity contribution in [1.29, 1.82) is 0 Å². The lowest BCUT2D eigenvalue weighted by molar-refractivity contribution is -0.0498. The summed E-state index contributed by atoms with van der Waals surface area (Å²) in [5, 5.41) is 3.24. The molecule has 1 saturated heterocycles. The minimum Gasteiger partial charge on any atom is -0.435 e. The van der Waals surface area contributed by atoms with Crippen molar-refractivity contribution in [1.82, 2.24) is 0 Å². The van der Waals surface area contributed by atoms with Crippen molar-refractivity contribution in [3.8, 4) is 5.75 Å². The fourth-order valence-corrected chi connectivity index (χ4v) is 1.76. The van der Waals surface area contributed by atoms with Crippen LogP contribution in [0.4, 0.5) is 14.5 Å². The molecule has 17 heavy (non-hydrogen) atoms. The van der Waals surface area contributed by atoms with E-state index in [1.165, 1.54) is 12.1 Å². The molecule has 0 aliphatic carbocycles. The molecule has 1 aliphatic rings. The Kier molecular flexibility index (Phi) is 4.14. The van der Waals surface area contributed by atoms with Crippen molar-refractivity contribution in [3.05, 3.63) is 24.3 Å². The lowest BCUT2D eigenvalue weighted by atomic mass is 10.1. The predicted octanol–water partition coefficient (Wildman–Crippen LogP) is 2.74. The van der Waals surface area contributed by atoms with Crippen molar-refractivity contribution in [2.45, 2.75) is 13.0 Å². The zero-order valence-electron chi connectivity index (χ0n) is 9.36. The van der Waals surface area contributed by atoms with E-state index in [4.69, 9.17) is 4.74 Å². The van der Waals surface area contributed by atoms with Gasteiger partial charge in [-0.3, -0.25) is 0 Å². The smallest absolute Gasteiger partial charge is 0.387 e. The second kappa shape index (κ2) is 5.82. The van der Waals surface area contributed by atoms with Crippen LogP contribution in [-0.2, 0) is 4.74 Å². The highest BCUT2D eigenvalue weighted by Gasteiger charge is 2.14. The van der Waals surface area contributed by atoms with E-state index >= 15 is 0 Å². The lowest BCUT2D eigenvalue weighted by Crippen LogP contribution is -2.13. The third-order valence-electron chi connectivity index (χ3n) is 2.70. The molecule has 0 aromatic heterocycles. The molecule has 94 valence electrons. The third kappa shape index (κ3) is 3.85. The number of benzene rings is 1. The van der Waals surface area contributed by atoms with Crippen molar-refractivity contribution < 1.29 is 18.3 Å². The Morgan fingerprint density at radius 3 is 2.71 bits per heavy atom. The van der Waals surface area contributed by atoms with Crippen LogP contribution in [0.3, 0.4) is 0 Å². The van der Waals surface area contributed by atoms with E-state index in [2.05, 4.69) is 10.1 Å². The van der Waals surface area contributed by atoms with E-state index in [1.54, 1.807) is 12.1 Å². The minimum atomic E-state index is -2.77. The van der Waals surface area contributed by atoms with Gasteiger partial charge < -0.3 is 14.8 Å². The van der Waals surface area contributed by atoms with E-state index in [-0.39, 0.29) is 5.75 Å². The van der Waals surface area contributed by atoms with Gasteiger partial charge in [-0.2, -0.15) is 8.78 Å². The molecule has 3 nitrogen and oxygen atoms in total. The summed E-state index contributed by atoms with van der Waals surface area (Å²) in [5.41, 5.74) is 0.901. The van der Waals surface area contributed by atoms with Crippen molar-refractivity contribution in [2.24, 2.45) is 5.92 Å². The van der Waals surface area contributed by atoms with Crippen LogP contribution < -0.4 is 10.1 Å². The van der Waals surface area contributed by atoms with Crippen LogP contribution in [-0.4, -0.2) is 26.4 Å². The monoisotopic (exact) mass is 243 g/mol. The second-order valence-electron chi connectivity index (χ2n) is 4.01. The summed E-state index contributed by atoms with van der Waals surface area (Å²) >= 11 is 0. The molecule has 1 aromatic rings. The topological polar surface area (TPSA) is 30.5 Å². The Hall–Kier alpha value is -1.36. The van der Waals surface area contributed by atoms with Crippen LogP contribution in [0.15, 0.2) is 24.3 Å². The maximum atomic E-state index is 11.9. The first kappa shape index (κ1) is 12.1. The van der Waals surface area contributed by atoms with Gasteiger partial charge in [0, 0.05) is 24.8 Å². The Labute approximate surface area is 98.7 Å². The normalized spacial score (nSPS) is 19.6. The average Bonchev–Trinajstić information content (AvgIpc) is 2.80. The summed E-state index contributed by atoms with van der Waals surface area (Å²) in [6.45, 7) is -0.313. The van der Waals surface area contributed by atoms with Gasteiger partial charge in [-0.15, -0.1) is 0 Å². The van der Waals surface area contributed by atoms with Gasteiger partial charge in [0.05, 0.1) is 6.61 Å². The molecule has 1 unspecified atom stereocenters.